The molecule has 0 saturated heterocycles. The number of ether oxygens (including phenoxy) is 2. The lowest BCUT2D eigenvalue weighted by Crippen LogP contribution is -2.06. The Balaban J connectivity index is 0.000000350. The van der Waals surface area contributed by atoms with Crippen LogP contribution in [0.4, 0.5) is 5.69 Å². The Hall–Kier alpha value is -2.80. The fraction of sp³-hybridized carbons (Fsp3) is 0.158. The summed E-state index contributed by atoms with van der Waals surface area (Å²) in [5, 5.41) is 8.70. The largest absolute Gasteiger partial charge is 0.493 e. The molecule has 2 rings (SSSR count). The zero-order chi connectivity index (χ0) is 19.4. The first-order valence-corrected chi connectivity index (χ1v) is 8.48. The van der Waals surface area contributed by atoms with Crippen LogP contribution in [0.5, 0.6) is 5.75 Å². The minimum atomic E-state index is -0.974. The van der Waals surface area contributed by atoms with E-state index in [-0.39, 0.29) is 12.2 Å². The van der Waals surface area contributed by atoms with Gasteiger partial charge in [-0.3, -0.25) is 0 Å². The average molecular weight is 422 g/mol. The van der Waals surface area contributed by atoms with Crippen LogP contribution in [0, 0.1) is 0 Å². The van der Waals surface area contributed by atoms with E-state index in [4.69, 9.17) is 20.3 Å². The van der Waals surface area contributed by atoms with Gasteiger partial charge in [-0.25, -0.2) is 9.59 Å². The Morgan fingerprint density at radius 3 is 2.19 bits per heavy atom. The van der Waals surface area contributed by atoms with E-state index in [1.807, 2.05) is 24.3 Å². The molecule has 0 aromatic heterocycles. The SMILES string of the molecule is C=CC(=O)OCCCOc1ccc(C(=O)O)cc1.Nc1ccc(Br)cc1. The highest BCUT2D eigenvalue weighted by molar-refractivity contribution is 9.10. The summed E-state index contributed by atoms with van der Waals surface area (Å²) in [6.45, 7) is 3.92. The van der Waals surface area contributed by atoms with Gasteiger partial charge in [0.05, 0.1) is 18.8 Å². The molecule has 138 valence electrons. The second-order valence-electron chi connectivity index (χ2n) is 4.95. The highest BCUT2D eigenvalue weighted by atomic mass is 79.9. The van der Waals surface area contributed by atoms with Crippen molar-refractivity contribution in [3.05, 3.63) is 71.2 Å². The lowest BCUT2D eigenvalue weighted by molar-refractivity contribution is -0.137. The van der Waals surface area contributed by atoms with E-state index in [0.29, 0.717) is 18.8 Å². The molecule has 0 unspecified atom stereocenters. The normalized spacial score (nSPS) is 9.42. The summed E-state index contributed by atoms with van der Waals surface area (Å²) in [5.41, 5.74) is 6.42. The molecule has 0 radical (unpaired) electrons. The van der Waals surface area contributed by atoms with Crippen molar-refractivity contribution >= 4 is 33.6 Å². The smallest absolute Gasteiger partial charge is 0.335 e. The van der Waals surface area contributed by atoms with Crippen LogP contribution < -0.4 is 10.5 Å². The predicted octanol–water partition coefficient (Wildman–Crippen LogP) is 3.91. The Kier molecular flexibility index (Phi) is 9.56. The number of nitrogen functional groups attached to an aromatic ring is 1. The predicted molar refractivity (Wildman–Crippen MR) is 103 cm³/mol. The van der Waals surface area contributed by atoms with Crippen molar-refractivity contribution in [2.24, 2.45) is 0 Å². The standard InChI is InChI=1S/C13H14O5.C6H6BrN/c1-2-12(14)18-9-3-8-17-11-6-4-10(5-7-11)13(15)16;7-5-1-3-6(8)4-2-5/h2,4-7H,1,3,8-9H2,(H,15,16);1-4H,8H2. The highest BCUT2D eigenvalue weighted by Gasteiger charge is 2.02. The van der Waals surface area contributed by atoms with Crippen molar-refractivity contribution in [2.45, 2.75) is 6.42 Å². The summed E-state index contributed by atoms with van der Waals surface area (Å²) in [5.74, 6) is -0.853. The Morgan fingerprint density at radius 2 is 1.69 bits per heavy atom. The van der Waals surface area contributed by atoms with Gasteiger partial charge in [-0.05, 0) is 48.5 Å². The molecule has 0 aliphatic heterocycles. The van der Waals surface area contributed by atoms with Gasteiger partial charge >= 0.3 is 11.9 Å². The number of carboxylic acids is 1. The molecule has 2 aromatic carbocycles. The van der Waals surface area contributed by atoms with Crippen LogP contribution in [0.25, 0.3) is 0 Å². The average Bonchev–Trinajstić information content (AvgIpc) is 2.64. The number of carbonyl (C=O) groups is 2. The molecule has 0 aliphatic carbocycles. The van der Waals surface area contributed by atoms with Crippen molar-refractivity contribution in [3.8, 4) is 5.75 Å². The van der Waals surface area contributed by atoms with Crippen LogP contribution in [-0.4, -0.2) is 30.3 Å². The topological polar surface area (TPSA) is 98.8 Å². The maximum atomic E-state index is 10.7. The van der Waals surface area contributed by atoms with E-state index in [1.165, 1.54) is 12.1 Å². The van der Waals surface area contributed by atoms with Crippen LogP contribution >= 0.6 is 15.9 Å². The molecular formula is C19H20BrNO5. The first kappa shape index (κ1) is 21.2. The van der Waals surface area contributed by atoms with E-state index < -0.39 is 11.9 Å². The van der Waals surface area contributed by atoms with Gasteiger partial charge < -0.3 is 20.3 Å². The van der Waals surface area contributed by atoms with E-state index in [0.717, 1.165) is 16.2 Å². The molecule has 0 saturated carbocycles. The number of nitrogens with two attached hydrogens (primary N) is 1. The van der Waals surface area contributed by atoms with Crippen molar-refractivity contribution in [1.82, 2.24) is 0 Å². The van der Waals surface area contributed by atoms with Gasteiger partial charge in [-0.2, -0.15) is 0 Å². The fourth-order valence-electron chi connectivity index (χ4n) is 1.64. The highest BCUT2D eigenvalue weighted by Crippen LogP contribution is 2.12. The first-order valence-electron chi connectivity index (χ1n) is 7.68. The number of halogens is 1. The molecule has 0 aliphatic rings. The molecule has 26 heavy (non-hydrogen) atoms. The maximum Gasteiger partial charge on any atom is 0.335 e. The molecule has 0 heterocycles. The molecule has 6 nitrogen and oxygen atoms in total. The monoisotopic (exact) mass is 421 g/mol. The van der Waals surface area contributed by atoms with Crippen LogP contribution in [0.1, 0.15) is 16.8 Å². The number of benzene rings is 2. The summed E-state index contributed by atoms with van der Waals surface area (Å²) >= 11 is 3.29. The van der Waals surface area contributed by atoms with Crippen LogP contribution in [0.3, 0.4) is 0 Å². The van der Waals surface area contributed by atoms with E-state index in [9.17, 15) is 9.59 Å². The zero-order valence-corrected chi connectivity index (χ0v) is 15.6. The molecular weight excluding hydrogens is 402 g/mol. The van der Waals surface area contributed by atoms with Crippen molar-refractivity contribution in [3.63, 3.8) is 0 Å². The van der Waals surface area contributed by atoms with E-state index in [2.05, 4.69) is 22.5 Å². The number of carboxylic acid groups (broad SMARTS) is 1. The molecule has 2 aromatic rings. The Bertz CT molecular complexity index is 693. The Morgan fingerprint density at radius 1 is 1.08 bits per heavy atom. The molecule has 0 amide bonds. The lowest BCUT2D eigenvalue weighted by Gasteiger charge is -2.06. The van der Waals surface area contributed by atoms with Gasteiger partial charge in [0.25, 0.3) is 0 Å². The maximum absolute atomic E-state index is 10.7. The van der Waals surface area contributed by atoms with Crippen molar-refractivity contribution < 1.29 is 24.2 Å². The quantitative estimate of drug-likeness (QED) is 0.304. The summed E-state index contributed by atoms with van der Waals surface area (Å²) in [6.07, 6.45) is 1.66. The second-order valence-corrected chi connectivity index (χ2v) is 5.87. The molecule has 0 atom stereocenters. The minimum absolute atomic E-state index is 0.210. The van der Waals surface area contributed by atoms with Gasteiger partial charge in [-0.1, -0.05) is 22.5 Å². The first-order chi connectivity index (χ1) is 12.4. The minimum Gasteiger partial charge on any atom is -0.493 e. The number of anilines is 1. The van der Waals surface area contributed by atoms with E-state index in [1.54, 1.807) is 12.1 Å². The molecule has 7 heteroatoms. The molecule has 0 fully saturated rings. The summed E-state index contributed by atoms with van der Waals surface area (Å²) in [6, 6.07) is 13.6. The number of carbonyl (C=O) groups excluding carboxylic acids is 1. The fourth-order valence-corrected chi connectivity index (χ4v) is 1.90. The summed E-state index contributed by atoms with van der Waals surface area (Å²) < 4.78 is 11.2. The van der Waals surface area contributed by atoms with Crippen molar-refractivity contribution in [2.75, 3.05) is 18.9 Å². The van der Waals surface area contributed by atoms with Crippen molar-refractivity contribution in [1.29, 1.82) is 0 Å². The van der Waals surface area contributed by atoms with Crippen LogP contribution in [0.2, 0.25) is 0 Å². The third kappa shape index (κ3) is 8.89. The number of aromatic carboxylic acids is 1. The van der Waals surface area contributed by atoms with Gasteiger partial charge in [0.1, 0.15) is 5.75 Å². The molecule has 0 spiro atoms. The van der Waals surface area contributed by atoms with Crippen LogP contribution in [-0.2, 0) is 9.53 Å². The second kappa shape index (κ2) is 11.7. The number of hydrogen-bond donors (Lipinski definition) is 2. The number of hydrogen-bond acceptors (Lipinski definition) is 5. The lowest BCUT2D eigenvalue weighted by atomic mass is 10.2. The van der Waals surface area contributed by atoms with E-state index >= 15 is 0 Å². The van der Waals surface area contributed by atoms with Crippen LogP contribution in [0.15, 0.2) is 65.7 Å². The summed E-state index contributed by atoms with van der Waals surface area (Å²) in [7, 11) is 0. The molecule has 0 bridgehead atoms. The zero-order valence-electron chi connectivity index (χ0n) is 14.1. The van der Waals surface area contributed by atoms with Gasteiger partial charge in [-0.15, -0.1) is 0 Å². The number of esters is 1. The van der Waals surface area contributed by atoms with Gasteiger partial charge in [0, 0.05) is 22.7 Å². The summed E-state index contributed by atoms with van der Waals surface area (Å²) in [4.78, 5) is 21.3. The van der Waals surface area contributed by atoms with Gasteiger partial charge in [0.15, 0.2) is 0 Å². The third-order valence-corrected chi connectivity index (χ3v) is 3.47. The third-order valence-electron chi connectivity index (χ3n) is 2.94. The molecule has 3 N–H and O–H groups in total. The number of rotatable bonds is 7. The Labute approximate surface area is 160 Å². The van der Waals surface area contributed by atoms with Gasteiger partial charge in [0.2, 0.25) is 0 Å².